The Kier molecular flexibility index (Phi) is 7.77. The first-order valence-corrected chi connectivity index (χ1v) is 8.14. The normalized spacial score (nSPS) is 18.4. The summed E-state index contributed by atoms with van der Waals surface area (Å²) in [4.78, 5) is 4.57. The van der Waals surface area contributed by atoms with Gasteiger partial charge >= 0.3 is 0 Å². The highest BCUT2D eigenvalue weighted by atomic mass is 16.5. The van der Waals surface area contributed by atoms with Crippen LogP contribution in [0.1, 0.15) is 25.3 Å². The van der Waals surface area contributed by atoms with Crippen LogP contribution in [0.25, 0.3) is 0 Å². The standard InChI is InChI=1S/C17H27N3O2/c1-2-18-17(20-13-15-7-4-3-5-8-15)19-10-12-21-14-16-9-6-11-22-16/h3-5,7-8,16H,2,6,9-14H2,1H3,(H2,18,19,20). The number of benzene rings is 1. The van der Waals surface area contributed by atoms with E-state index in [4.69, 9.17) is 9.47 Å². The molecule has 1 aromatic carbocycles. The molecule has 1 aliphatic heterocycles. The van der Waals surface area contributed by atoms with E-state index in [1.54, 1.807) is 0 Å². The van der Waals surface area contributed by atoms with Crippen LogP contribution in [0, 0.1) is 0 Å². The second-order valence-corrected chi connectivity index (χ2v) is 5.32. The van der Waals surface area contributed by atoms with Crippen LogP contribution in [-0.2, 0) is 16.0 Å². The molecule has 5 heteroatoms. The minimum absolute atomic E-state index is 0.292. The highest BCUT2D eigenvalue weighted by Crippen LogP contribution is 2.11. The van der Waals surface area contributed by atoms with Gasteiger partial charge in [-0.25, -0.2) is 4.99 Å². The van der Waals surface area contributed by atoms with E-state index in [2.05, 4.69) is 34.7 Å². The first-order chi connectivity index (χ1) is 10.9. The number of hydrogen-bond acceptors (Lipinski definition) is 3. The molecular formula is C17H27N3O2. The van der Waals surface area contributed by atoms with Crippen LogP contribution in [0.3, 0.4) is 0 Å². The number of nitrogens with one attached hydrogen (secondary N) is 2. The number of hydrogen-bond donors (Lipinski definition) is 2. The van der Waals surface area contributed by atoms with Gasteiger partial charge in [0.05, 0.1) is 25.9 Å². The van der Waals surface area contributed by atoms with E-state index < -0.39 is 0 Å². The monoisotopic (exact) mass is 305 g/mol. The van der Waals surface area contributed by atoms with E-state index in [-0.39, 0.29) is 0 Å². The number of rotatable bonds is 8. The smallest absolute Gasteiger partial charge is 0.191 e. The van der Waals surface area contributed by atoms with Gasteiger partial charge in [-0.05, 0) is 25.3 Å². The summed E-state index contributed by atoms with van der Waals surface area (Å²) in [5.41, 5.74) is 1.20. The van der Waals surface area contributed by atoms with Crippen molar-refractivity contribution in [2.45, 2.75) is 32.4 Å². The summed E-state index contributed by atoms with van der Waals surface area (Å²) in [5, 5.41) is 6.53. The molecule has 0 saturated carbocycles. The van der Waals surface area contributed by atoms with Gasteiger partial charge < -0.3 is 20.1 Å². The van der Waals surface area contributed by atoms with Gasteiger partial charge in [-0.2, -0.15) is 0 Å². The second kappa shape index (κ2) is 10.2. The number of guanidine groups is 1. The molecule has 22 heavy (non-hydrogen) atoms. The quantitative estimate of drug-likeness (QED) is 0.438. The summed E-state index contributed by atoms with van der Waals surface area (Å²) in [6.07, 6.45) is 2.57. The van der Waals surface area contributed by atoms with Gasteiger partial charge in [0.15, 0.2) is 5.96 Å². The lowest BCUT2D eigenvalue weighted by molar-refractivity contribution is 0.0191. The zero-order chi connectivity index (χ0) is 15.5. The van der Waals surface area contributed by atoms with E-state index >= 15 is 0 Å². The molecule has 1 atom stereocenters. The molecule has 0 amide bonds. The molecule has 0 spiro atoms. The van der Waals surface area contributed by atoms with Crippen molar-refractivity contribution in [1.29, 1.82) is 0 Å². The van der Waals surface area contributed by atoms with E-state index in [0.29, 0.717) is 25.9 Å². The van der Waals surface area contributed by atoms with Gasteiger partial charge in [-0.1, -0.05) is 30.3 Å². The third-order valence-corrected chi connectivity index (χ3v) is 3.47. The Morgan fingerprint density at radius 3 is 2.91 bits per heavy atom. The summed E-state index contributed by atoms with van der Waals surface area (Å²) in [5.74, 6) is 0.826. The Hall–Kier alpha value is -1.59. The molecular weight excluding hydrogens is 278 g/mol. The van der Waals surface area contributed by atoms with Crippen molar-refractivity contribution in [3.05, 3.63) is 35.9 Å². The molecule has 2 N–H and O–H groups in total. The predicted molar refractivity (Wildman–Crippen MR) is 89.1 cm³/mol. The van der Waals surface area contributed by atoms with E-state index in [0.717, 1.165) is 38.5 Å². The van der Waals surface area contributed by atoms with Gasteiger partial charge in [0.25, 0.3) is 0 Å². The topological polar surface area (TPSA) is 54.9 Å². The summed E-state index contributed by atoms with van der Waals surface area (Å²) in [6, 6.07) is 10.2. The molecule has 1 unspecified atom stereocenters. The third kappa shape index (κ3) is 6.45. The van der Waals surface area contributed by atoms with Crippen molar-refractivity contribution in [3.8, 4) is 0 Å². The fraction of sp³-hybridized carbons (Fsp3) is 0.588. The van der Waals surface area contributed by atoms with Crippen molar-refractivity contribution in [3.63, 3.8) is 0 Å². The van der Waals surface area contributed by atoms with E-state index in [1.807, 2.05) is 18.2 Å². The van der Waals surface area contributed by atoms with Crippen LogP contribution in [0.5, 0.6) is 0 Å². The minimum atomic E-state index is 0.292. The van der Waals surface area contributed by atoms with Crippen molar-refractivity contribution >= 4 is 5.96 Å². The Labute approximate surface area is 133 Å². The van der Waals surface area contributed by atoms with Crippen LogP contribution in [-0.4, -0.2) is 45.0 Å². The Balaban J connectivity index is 1.64. The lowest BCUT2D eigenvalue weighted by atomic mass is 10.2. The first kappa shape index (κ1) is 16.8. The van der Waals surface area contributed by atoms with E-state index in [9.17, 15) is 0 Å². The average Bonchev–Trinajstić information content (AvgIpc) is 3.06. The van der Waals surface area contributed by atoms with Gasteiger partial charge in [0.2, 0.25) is 0 Å². The zero-order valence-corrected chi connectivity index (χ0v) is 13.4. The lowest BCUT2D eigenvalue weighted by Gasteiger charge is -2.13. The summed E-state index contributed by atoms with van der Waals surface area (Å²) >= 11 is 0. The second-order valence-electron chi connectivity index (χ2n) is 5.32. The first-order valence-electron chi connectivity index (χ1n) is 8.14. The zero-order valence-electron chi connectivity index (χ0n) is 13.4. The minimum Gasteiger partial charge on any atom is -0.377 e. The maximum absolute atomic E-state index is 5.64. The Morgan fingerprint density at radius 1 is 1.32 bits per heavy atom. The van der Waals surface area contributed by atoms with Crippen molar-refractivity contribution in [1.82, 2.24) is 10.6 Å². The predicted octanol–water partition coefficient (Wildman–Crippen LogP) is 1.94. The Bertz CT molecular complexity index is 431. The highest BCUT2D eigenvalue weighted by Gasteiger charge is 2.14. The highest BCUT2D eigenvalue weighted by molar-refractivity contribution is 5.79. The molecule has 0 aromatic heterocycles. The summed E-state index contributed by atoms with van der Waals surface area (Å²) in [7, 11) is 0. The molecule has 122 valence electrons. The van der Waals surface area contributed by atoms with Gasteiger partial charge in [0, 0.05) is 19.7 Å². The molecule has 0 bridgehead atoms. The van der Waals surface area contributed by atoms with Crippen molar-refractivity contribution in [2.24, 2.45) is 4.99 Å². The lowest BCUT2D eigenvalue weighted by Crippen LogP contribution is -2.39. The summed E-state index contributed by atoms with van der Waals surface area (Å²) < 4.78 is 11.2. The summed E-state index contributed by atoms with van der Waals surface area (Å²) in [6.45, 7) is 6.56. The maximum atomic E-state index is 5.64. The average molecular weight is 305 g/mol. The molecule has 2 rings (SSSR count). The molecule has 5 nitrogen and oxygen atoms in total. The number of aliphatic imine (C=N–C) groups is 1. The van der Waals surface area contributed by atoms with Gasteiger partial charge in [-0.15, -0.1) is 0 Å². The molecule has 0 aliphatic carbocycles. The molecule has 1 heterocycles. The molecule has 0 radical (unpaired) electrons. The number of ether oxygens (including phenoxy) is 2. The van der Waals surface area contributed by atoms with Crippen LogP contribution >= 0.6 is 0 Å². The van der Waals surface area contributed by atoms with Crippen molar-refractivity contribution < 1.29 is 9.47 Å². The number of nitrogens with zero attached hydrogens (tertiary/aromatic N) is 1. The molecule has 1 aromatic rings. The van der Waals surface area contributed by atoms with Crippen LogP contribution in [0.15, 0.2) is 35.3 Å². The fourth-order valence-corrected chi connectivity index (χ4v) is 2.33. The third-order valence-electron chi connectivity index (χ3n) is 3.47. The fourth-order valence-electron chi connectivity index (χ4n) is 2.33. The maximum Gasteiger partial charge on any atom is 0.191 e. The molecule has 1 aliphatic rings. The van der Waals surface area contributed by atoms with Crippen LogP contribution < -0.4 is 10.6 Å². The molecule has 1 fully saturated rings. The van der Waals surface area contributed by atoms with Gasteiger partial charge in [-0.3, -0.25) is 0 Å². The Morgan fingerprint density at radius 2 is 2.18 bits per heavy atom. The van der Waals surface area contributed by atoms with Gasteiger partial charge in [0.1, 0.15) is 0 Å². The van der Waals surface area contributed by atoms with Crippen LogP contribution in [0.2, 0.25) is 0 Å². The van der Waals surface area contributed by atoms with Crippen LogP contribution in [0.4, 0.5) is 0 Å². The molecule has 1 saturated heterocycles. The SMILES string of the molecule is CCNC(=NCc1ccccc1)NCCOCC1CCCO1. The van der Waals surface area contributed by atoms with E-state index in [1.165, 1.54) is 5.56 Å². The van der Waals surface area contributed by atoms with Crippen molar-refractivity contribution in [2.75, 3.05) is 32.9 Å². The largest absolute Gasteiger partial charge is 0.377 e.